The molecule has 1 N–H and O–H groups in total. The molecular weight excluding hydrogens is 434 g/mol. The minimum atomic E-state index is -3.79. The highest BCUT2D eigenvalue weighted by Crippen LogP contribution is 2.29. The Hall–Kier alpha value is -2.96. The maximum Gasteiger partial charge on any atom is 0.335 e. The number of aromatic carboxylic acids is 1. The summed E-state index contributed by atoms with van der Waals surface area (Å²) in [5.41, 5.74) is 4.99. The second kappa shape index (κ2) is 9.89. The van der Waals surface area contributed by atoms with Gasteiger partial charge in [-0.05, 0) is 78.1 Å². The predicted octanol–water partition coefficient (Wildman–Crippen LogP) is 4.94. The molecule has 0 radical (unpaired) electrons. The van der Waals surface area contributed by atoms with Crippen LogP contribution in [-0.2, 0) is 35.8 Å². The third-order valence-corrected chi connectivity index (χ3v) is 8.24. The molecule has 1 unspecified atom stereocenters. The molecule has 0 bridgehead atoms. The van der Waals surface area contributed by atoms with Crippen LogP contribution in [0.15, 0.2) is 77.7 Å². The van der Waals surface area contributed by atoms with Crippen molar-refractivity contribution in [2.45, 2.75) is 44.0 Å². The van der Waals surface area contributed by atoms with Gasteiger partial charge in [-0.15, -0.1) is 0 Å². The monoisotopic (exact) mass is 463 g/mol. The standard InChI is InChI=1S/C27H29NO4S/c1-2-20-8-10-23-11-9-22(17-25(23)16-20)19-28(18-21-6-4-3-5-7-21)33(31,32)26-14-12-24(13-15-26)27(29)30/h3-8,10,12-16,22H,2,9,11,17-19H2,1H3,(H,29,30). The number of benzene rings is 3. The van der Waals surface area contributed by atoms with Crippen LogP contribution in [0.2, 0.25) is 0 Å². The first kappa shape index (κ1) is 23.2. The van der Waals surface area contributed by atoms with E-state index in [1.54, 1.807) is 4.31 Å². The molecule has 3 aromatic rings. The molecule has 1 aliphatic carbocycles. The fourth-order valence-electron chi connectivity index (χ4n) is 4.50. The molecule has 0 saturated heterocycles. The zero-order valence-corrected chi connectivity index (χ0v) is 19.6. The zero-order valence-electron chi connectivity index (χ0n) is 18.8. The third-order valence-electron chi connectivity index (χ3n) is 6.41. The number of aryl methyl sites for hydroxylation is 2. The molecule has 0 spiro atoms. The van der Waals surface area contributed by atoms with Gasteiger partial charge in [0.05, 0.1) is 10.5 Å². The summed E-state index contributed by atoms with van der Waals surface area (Å²) in [6.45, 7) is 2.85. The van der Waals surface area contributed by atoms with E-state index in [9.17, 15) is 13.2 Å². The number of nitrogens with zero attached hydrogens (tertiary/aromatic N) is 1. The van der Waals surface area contributed by atoms with Crippen molar-refractivity contribution in [3.05, 3.63) is 101 Å². The van der Waals surface area contributed by atoms with Crippen molar-refractivity contribution in [1.82, 2.24) is 4.31 Å². The van der Waals surface area contributed by atoms with Crippen molar-refractivity contribution in [2.24, 2.45) is 5.92 Å². The fourth-order valence-corrected chi connectivity index (χ4v) is 6.01. The van der Waals surface area contributed by atoms with Crippen molar-refractivity contribution < 1.29 is 18.3 Å². The first-order chi connectivity index (χ1) is 15.9. The molecule has 1 atom stereocenters. The van der Waals surface area contributed by atoms with Crippen LogP contribution in [-0.4, -0.2) is 30.3 Å². The van der Waals surface area contributed by atoms with Crippen LogP contribution < -0.4 is 0 Å². The van der Waals surface area contributed by atoms with Gasteiger partial charge in [-0.1, -0.05) is 55.5 Å². The highest BCUT2D eigenvalue weighted by molar-refractivity contribution is 7.89. The summed E-state index contributed by atoms with van der Waals surface area (Å²) in [5.74, 6) is -0.853. The quantitative estimate of drug-likeness (QED) is 0.513. The number of carbonyl (C=O) groups is 1. The first-order valence-corrected chi connectivity index (χ1v) is 12.8. The lowest BCUT2D eigenvalue weighted by Crippen LogP contribution is -2.36. The van der Waals surface area contributed by atoms with E-state index in [-0.39, 0.29) is 22.9 Å². The lowest BCUT2D eigenvalue weighted by atomic mass is 9.83. The smallest absolute Gasteiger partial charge is 0.335 e. The van der Waals surface area contributed by atoms with Crippen LogP contribution in [0.3, 0.4) is 0 Å². The van der Waals surface area contributed by atoms with Crippen molar-refractivity contribution in [3.8, 4) is 0 Å². The van der Waals surface area contributed by atoms with Gasteiger partial charge in [-0.25, -0.2) is 13.2 Å². The third kappa shape index (κ3) is 5.34. The molecule has 172 valence electrons. The SMILES string of the molecule is CCc1ccc2c(c1)CC(CN(Cc1ccccc1)S(=O)(=O)c1ccc(C(=O)O)cc1)CC2. The first-order valence-electron chi connectivity index (χ1n) is 11.3. The van der Waals surface area contributed by atoms with Crippen LogP contribution in [0.25, 0.3) is 0 Å². The van der Waals surface area contributed by atoms with Crippen molar-refractivity contribution >= 4 is 16.0 Å². The Labute approximate surface area is 195 Å². The molecule has 0 fully saturated rings. The van der Waals surface area contributed by atoms with E-state index in [4.69, 9.17) is 5.11 Å². The van der Waals surface area contributed by atoms with Gasteiger partial charge in [0.2, 0.25) is 10.0 Å². The molecule has 4 rings (SSSR count). The number of carboxylic acid groups (broad SMARTS) is 1. The highest BCUT2D eigenvalue weighted by atomic mass is 32.2. The van der Waals surface area contributed by atoms with Gasteiger partial charge in [0.1, 0.15) is 0 Å². The van der Waals surface area contributed by atoms with E-state index < -0.39 is 16.0 Å². The molecule has 5 nitrogen and oxygen atoms in total. The maximum atomic E-state index is 13.6. The Kier molecular flexibility index (Phi) is 6.96. The Morgan fingerprint density at radius 1 is 0.970 bits per heavy atom. The van der Waals surface area contributed by atoms with Crippen molar-refractivity contribution in [1.29, 1.82) is 0 Å². The summed E-state index contributed by atoms with van der Waals surface area (Å²) in [4.78, 5) is 11.3. The average molecular weight is 464 g/mol. The summed E-state index contributed by atoms with van der Waals surface area (Å²) >= 11 is 0. The van der Waals surface area contributed by atoms with E-state index in [0.29, 0.717) is 6.54 Å². The van der Waals surface area contributed by atoms with E-state index in [2.05, 4.69) is 25.1 Å². The molecule has 0 aliphatic heterocycles. The zero-order chi connectivity index (χ0) is 23.4. The van der Waals surface area contributed by atoms with Crippen LogP contribution >= 0.6 is 0 Å². The maximum absolute atomic E-state index is 13.6. The lowest BCUT2D eigenvalue weighted by Gasteiger charge is -2.31. The van der Waals surface area contributed by atoms with Crippen LogP contribution in [0.1, 0.15) is 46.0 Å². The Morgan fingerprint density at radius 2 is 1.70 bits per heavy atom. The number of hydrogen-bond donors (Lipinski definition) is 1. The second-order valence-corrected chi connectivity index (χ2v) is 10.6. The van der Waals surface area contributed by atoms with E-state index >= 15 is 0 Å². The fraction of sp³-hybridized carbons (Fsp3) is 0.296. The molecular formula is C27H29NO4S. The van der Waals surface area contributed by atoms with Gasteiger partial charge >= 0.3 is 5.97 Å². The van der Waals surface area contributed by atoms with E-state index in [1.165, 1.54) is 41.0 Å². The minimum Gasteiger partial charge on any atom is -0.478 e. The molecule has 6 heteroatoms. The van der Waals surface area contributed by atoms with Gasteiger partial charge in [0.25, 0.3) is 0 Å². The van der Waals surface area contributed by atoms with E-state index in [1.807, 2.05) is 30.3 Å². The Bertz CT molecular complexity index is 1220. The number of fused-ring (bicyclic) bond motifs is 1. The van der Waals surface area contributed by atoms with Crippen molar-refractivity contribution in [2.75, 3.05) is 6.54 Å². The largest absolute Gasteiger partial charge is 0.478 e. The van der Waals surface area contributed by atoms with Crippen LogP contribution in [0, 0.1) is 5.92 Å². The molecule has 0 aromatic heterocycles. The molecule has 0 heterocycles. The predicted molar refractivity (Wildman–Crippen MR) is 129 cm³/mol. The second-order valence-electron chi connectivity index (χ2n) is 8.68. The van der Waals surface area contributed by atoms with Crippen molar-refractivity contribution in [3.63, 3.8) is 0 Å². The number of rotatable bonds is 8. The number of carboxylic acids is 1. The lowest BCUT2D eigenvalue weighted by molar-refractivity contribution is 0.0696. The minimum absolute atomic E-state index is 0.0687. The normalized spacial score (nSPS) is 15.9. The molecule has 0 amide bonds. The summed E-state index contributed by atoms with van der Waals surface area (Å²) in [7, 11) is -3.79. The average Bonchev–Trinajstić information content (AvgIpc) is 2.83. The number of hydrogen-bond acceptors (Lipinski definition) is 3. The van der Waals surface area contributed by atoms with Gasteiger partial charge < -0.3 is 5.11 Å². The molecule has 0 saturated carbocycles. The van der Waals surface area contributed by atoms with Gasteiger partial charge in [0.15, 0.2) is 0 Å². The van der Waals surface area contributed by atoms with Gasteiger partial charge in [-0.3, -0.25) is 0 Å². The van der Waals surface area contributed by atoms with Gasteiger partial charge in [-0.2, -0.15) is 4.31 Å². The van der Waals surface area contributed by atoms with E-state index in [0.717, 1.165) is 31.2 Å². The Morgan fingerprint density at radius 3 is 2.36 bits per heavy atom. The summed E-state index contributed by atoms with van der Waals surface area (Å²) in [5, 5.41) is 9.16. The summed E-state index contributed by atoms with van der Waals surface area (Å²) < 4.78 is 28.8. The highest BCUT2D eigenvalue weighted by Gasteiger charge is 2.29. The van der Waals surface area contributed by atoms with Gasteiger partial charge in [0, 0.05) is 13.1 Å². The summed E-state index contributed by atoms with van der Waals surface area (Å²) in [6, 6.07) is 21.7. The summed E-state index contributed by atoms with van der Waals surface area (Å²) in [6.07, 6.45) is 3.74. The van der Waals surface area contributed by atoms with Crippen LogP contribution in [0.4, 0.5) is 0 Å². The Balaban J connectivity index is 1.61. The molecule has 33 heavy (non-hydrogen) atoms. The number of sulfonamides is 1. The molecule has 3 aromatic carbocycles. The topological polar surface area (TPSA) is 74.7 Å². The van der Waals surface area contributed by atoms with Crippen LogP contribution in [0.5, 0.6) is 0 Å². The molecule has 1 aliphatic rings.